The van der Waals surface area contributed by atoms with E-state index in [9.17, 15) is 0 Å². The van der Waals surface area contributed by atoms with E-state index >= 15 is 0 Å². The third kappa shape index (κ3) is 4.56. The van der Waals surface area contributed by atoms with Gasteiger partial charge in [-0.1, -0.05) is 26.0 Å². The van der Waals surface area contributed by atoms with Crippen LogP contribution in [0.2, 0.25) is 5.28 Å². The molecule has 0 amide bonds. The van der Waals surface area contributed by atoms with Crippen molar-refractivity contribution in [2.75, 3.05) is 0 Å². The van der Waals surface area contributed by atoms with E-state index in [1.54, 1.807) is 0 Å². The van der Waals surface area contributed by atoms with Crippen LogP contribution in [0, 0.1) is 0 Å². The number of ether oxygens (including phenoxy) is 2. The molecule has 0 aliphatic carbocycles. The third-order valence-corrected chi connectivity index (χ3v) is 2.81. The Morgan fingerprint density at radius 3 is 2.38 bits per heavy atom. The lowest BCUT2D eigenvalue weighted by Gasteiger charge is -2.10. The van der Waals surface area contributed by atoms with Crippen molar-refractivity contribution in [2.45, 2.75) is 39.7 Å². The molecule has 0 radical (unpaired) electrons. The van der Waals surface area contributed by atoms with E-state index in [1.165, 1.54) is 5.56 Å². The quantitative estimate of drug-likeness (QED) is 0.827. The van der Waals surface area contributed by atoms with E-state index in [-0.39, 0.29) is 23.4 Å². The zero-order valence-corrected chi connectivity index (χ0v) is 13.3. The molecule has 0 N–H and O–H groups in total. The molecule has 2 aromatic rings. The van der Waals surface area contributed by atoms with Crippen LogP contribution in [0.25, 0.3) is 0 Å². The largest absolute Gasteiger partial charge is 0.461 e. The summed E-state index contributed by atoms with van der Waals surface area (Å²) in [7, 11) is 0. The summed E-state index contributed by atoms with van der Waals surface area (Å²) in [6.45, 7) is 8.00. The summed E-state index contributed by atoms with van der Waals surface area (Å²) in [5.74, 6) is 1.06. The van der Waals surface area contributed by atoms with Crippen molar-refractivity contribution < 1.29 is 9.47 Å². The average molecular weight is 308 g/mol. The maximum absolute atomic E-state index is 5.86. The van der Waals surface area contributed by atoms with Gasteiger partial charge in [-0.25, -0.2) is 0 Å². The molecule has 6 heteroatoms. The van der Waals surface area contributed by atoms with Crippen molar-refractivity contribution in [3.8, 4) is 17.8 Å². The van der Waals surface area contributed by atoms with E-state index in [4.69, 9.17) is 21.1 Å². The molecular weight excluding hydrogens is 290 g/mol. The van der Waals surface area contributed by atoms with Crippen LogP contribution < -0.4 is 9.47 Å². The zero-order chi connectivity index (χ0) is 15.4. The summed E-state index contributed by atoms with van der Waals surface area (Å²) in [5, 5.41) is 0.0377. The fourth-order valence-corrected chi connectivity index (χ4v) is 1.81. The molecule has 0 aliphatic rings. The van der Waals surface area contributed by atoms with Crippen LogP contribution in [-0.4, -0.2) is 21.1 Å². The van der Waals surface area contributed by atoms with Crippen molar-refractivity contribution >= 4 is 11.6 Å². The maximum atomic E-state index is 5.86. The monoisotopic (exact) mass is 307 g/mol. The van der Waals surface area contributed by atoms with Gasteiger partial charge < -0.3 is 9.47 Å². The van der Waals surface area contributed by atoms with Gasteiger partial charge in [-0.2, -0.15) is 9.97 Å². The third-order valence-electron chi connectivity index (χ3n) is 2.64. The number of nitrogens with zero attached hydrogens (tertiary/aromatic N) is 3. The van der Waals surface area contributed by atoms with Crippen molar-refractivity contribution in [1.82, 2.24) is 15.0 Å². The molecule has 21 heavy (non-hydrogen) atoms. The topological polar surface area (TPSA) is 57.1 Å². The highest BCUT2D eigenvalue weighted by atomic mass is 35.5. The average Bonchev–Trinajstić information content (AvgIpc) is 2.37. The first-order valence-electron chi connectivity index (χ1n) is 6.80. The fourth-order valence-electron chi connectivity index (χ4n) is 1.67. The molecule has 0 unspecified atom stereocenters. The minimum Gasteiger partial charge on any atom is -0.461 e. The number of aromatic nitrogens is 3. The van der Waals surface area contributed by atoms with Crippen LogP contribution in [0.3, 0.4) is 0 Å². The zero-order valence-electron chi connectivity index (χ0n) is 12.5. The smallest absolute Gasteiger partial charge is 0.329 e. The molecule has 2 rings (SSSR count). The second kappa shape index (κ2) is 6.72. The number of benzene rings is 1. The lowest BCUT2D eigenvalue weighted by molar-refractivity contribution is 0.218. The van der Waals surface area contributed by atoms with E-state index in [1.807, 2.05) is 38.1 Å². The van der Waals surface area contributed by atoms with E-state index in [0.717, 1.165) is 0 Å². The molecule has 5 nitrogen and oxygen atoms in total. The van der Waals surface area contributed by atoms with Gasteiger partial charge >= 0.3 is 12.0 Å². The Morgan fingerprint density at radius 2 is 1.71 bits per heavy atom. The first kappa shape index (κ1) is 15.5. The van der Waals surface area contributed by atoms with Gasteiger partial charge in [-0.05, 0) is 49.1 Å². The Balaban J connectivity index is 2.22. The van der Waals surface area contributed by atoms with Gasteiger partial charge in [0.15, 0.2) is 0 Å². The van der Waals surface area contributed by atoms with E-state index < -0.39 is 0 Å². The van der Waals surface area contributed by atoms with Gasteiger partial charge in [0.1, 0.15) is 5.75 Å². The number of rotatable bonds is 5. The number of hydrogen-bond acceptors (Lipinski definition) is 5. The molecule has 1 aromatic heterocycles. The van der Waals surface area contributed by atoms with Crippen LogP contribution in [0.5, 0.6) is 17.8 Å². The van der Waals surface area contributed by atoms with Crippen LogP contribution in [-0.2, 0) is 0 Å². The summed E-state index contributed by atoms with van der Waals surface area (Å²) >= 11 is 5.86. The van der Waals surface area contributed by atoms with Crippen molar-refractivity contribution in [2.24, 2.45) is 0 Å². The Bertz CT molecular complexity index is 618. The molecular formula is C15H18ClN3O2. The fraction of sp³-hybridized carbons (Fsp3) is 0.400. The summed E-state index contributed by atoms with van der Waals surface area (Å²) in [6, 6.07) is 8.04. The summed E-state index contributed by atoms with van der Waals surface area (Å²) in [6.07, 6.45) is -0.0550. The lowest BCUT2D eigenvalue weighted by Crippen LogP contribution is -2.09. The summed E-state index contributed by atoms with van der Waals surface area (Å²) in [5.41, 5.74) is 1.17. The van der Waals surface area contributed by atoms with Crippen molar-refractivity contribution in [3.05, 3.63) is 35.1 Å². The first-order valence-corrected chi connectivity index (χ1v) is 7.18. The highest BCUT2D eigenvalue weighted by Crippen LogP contribution is 2.24. The molecule has 0 fully saturated rings. The summed E-state index contributed by atoms with van der Waals surface area (Å²) < 4.78 is 11.1. The number of hydrogen-bond donors (Lipinski definition) is 0. The second-order valence-electron chi connectivity index (χ2n) is 5.17. The highest BCUT2D eigenvalue weighted by molar-refractivity contribution is 6.28. The molecule has 1 aromatic carbocycles. The molecule has 0 bridgehead atoms. The van der Waals surface area contributed by atoms with Gasteiger partial charge in [-0.15, -0.1) is 4.98 Å². The van der Waals surface area contributed by atoms with Crippen LogP contribution in [0.4, 0.5) is 0 Å². The number of halogens is 1. The SMILES string of the molecule is CC(C)Oc1nc(Cl)nc(Oc2cccc(C(C)C)c2)n1. The molecule has 1 heterocycles. The van der Waals surface area contributed by atoms with Crippen molar-refractivity contribution in [3.63, 3.8) is 0 Å². The molecule has 0 spiro atoms. The maximum Gasteiger partial charge on any atom is 0.329 e. The molecule has 0 aliphatic heterocycles. The Morgan fingerprint density at radius 1 is 1.00 bits per heavy atom. The molecule has 112 valence electrons. The second-order valence-corrected chi connectivity index (χ2v) is 5.50. The predicted octanol–water partition coefficient (Wildman–Crippen LogP) is 4.23. The highest BCUT2D eigenvalue weighted by Gasteiger charge is 2.10. The minimum absolute atomic E-state index is 0.0377. The normalized spacial score (nSPS) is 11.0. The van der Waals surface area contributed by atoms with Gasteiger partial charge in [-0.3, -0.25) is 0 Å². The predicted molar refractivity (Wildman–Crippen MR) is 81.2 cm³/mol. The van der Waals surface area contributed by atoms with Crippen LogP contribution in [0.15, 0.2) is 24.3 Å². The summed E-state index contributed by atoms with van der Waals surface area (Å²) in [4.78, 5) is 11.9. The Kier molecular flexibility index (Phi) is 4.96. The lowest BCUT2D eigenvalue weighted by atomic mass is 10.0. The van der Waals surface area contributed by atoms with Gasteiger partial charge in [0, 0.05) is 0 Å². The van der Waals surface area contributed by atoms with Crippen LogP contribution in [0.1, 0.15) is 39.2 Å². The van der Waals surface area contributed by atoms with Gasteiger partial charge in [0.05, 0.1) is 6.10 Å². The van der Waals surface area contributed by atoms with Crippen molar-refractivity contribution in [1.29, 1.82) is 0 Å². The van der Waals surface area contributed by atoms with Gasteiger partial charge in [0.25, 0.3) is 0 Å². The van der Waals surface area contributed by atoms with Gasteiger partial charge in [0.2, 0.25) is 5.28 Å². The van der Waals surface area contributed by atoms with E-state index in [0.29, 0.717) is 11.7 Å². The van der Waals surface area contributed by atoms with E-state index in [2.05, 4.69) is 28.8 Å². The molecule has 0 saturated carbocycles. The molecule has 0 atom stereocenters. The van der Waals surface area contributed by atoms with Crippen LogP contribution >= 0.6 is 11.6 Å². The first-order chi connectivity index (χ1) is 9.94. The Labute approximate surface area is 129 Å². The standard InChI is InChI=1S/C15H18ClN3O2/c1-9(2)11-6-5-7-12(8-11)21-15-18-13(16)17-14(19-15)20-10(3)4/h5-10H,1-4H3. The minimum atomic E-state index is -0.0550. The Hall–Kier alpha value is -1.88. The molecule has 0 saturated heterocycles.